The molecule has 0 aliphatic heterocycles. The molecular weight excluding hydrogens is 453 g/mol. The Bertz CT molecular complexity index is 1320. The van der Waals surface area contributed by atoms with E-state index in [0.29, 0.717) is 0 Å². The fourth-order valence-corrected chi connectivity index (χ4v) is 6.82. The quantitative estimate of drug-likeness (QED) is 0.231. The van der Waals surface area contributed by atoms with Crippen molar-refractivity contribution in [2.75, 3.05) is 0 Å². The van der Waals surface area contributed by atoms with Crippen molar-refractivity contribution < 1.29 is 0 Å². The second-order valence-electron chi connectivity index (χ2n) is 7.12. The summed E-state index contributed by atoms with van der Waals surface area (Å²) in [5.74, 6) is 0. The largest absolute Gasteiger partial charge is 0.143 e. The van der Waals surface area contributed by atoms with Crippen LogP contribution in [0.1, 0.15) is 25.8 Å². The molecule has 31 heavy (non-hydrogen) atoms. The number of thiophene rings is 4. The Hall–Kier alpha value is -2.50. The summed E-state index contributed by atoms with van der Waals surface area (Å²) < 4.78 is 0. The third-order valence-electron chi connectivity index (χ3n) is 4.82. The van der Waals surface area contributed by atoms with Crippen LogP contribution >= 0.6 is 45.3 Å². The minimum atomic E-state index is 1.22. The Morgan fingerprint density at radius 3 is 1.58 bits per heavy atom. The molecule has 0 atom stereocenters. The van der Waals surface area contributed by atoms with Crippen molar-refractivity contribution in [2.45, 2.75) is 6.92 Å². The van der Waals surface area contributed by atoms with Gasteiger partial charge < -0.3 is 0 Å². The molecular formula is C27H20S4. The predicted molar refractivity (Wildman–Crippen MR) is 144 cm³/mol. The second-order valence-corrected chi connectivity index (χ2v) is 11.6. The van der Waals surface area contributed by atoms with Gasteiger partial charge in [-0.2, -0.15) is 0 Å². The zero-order valence-electron chi connectivity index (χ0n) is 16.9. The smallest absolute Gasteiger partial charge is 0.0449 e. The molecule has 0 saturated carbocycles. The number of hydrogen-bond acceptors (Lipinski definition) is 4. The summed E-state index contributed by atoms with van der Waals surface area (Å²) in [6.45, 7) is 2.16. The molecule has 4 heterocycles. The van der Waals surface area contributed by atoms with Gasteiger partial charge in [-0.15, -0.1) is 45.3 Å². The van der Waals surface area contributed by atoms with Crippen LogP contribution in [-0.2, 0) is 0 Å². The Balaban J connectivity index is 1.23. The SMILES string of the molecule is Cc1ccc(-c2ccc(/C=C/c3ccc(/C=C/c4ccc(-c5cccs5)s4)cc3)s2)s1. The zero-order valence-corrected chi connectivity index (χ0v) is 20.2. The molecule has 1 aromatic carbocycles. The van der Waals surface area contributed by atoms with E-state index in [1.54, 1.807) is 11.3 Å². The van der Waals surface area contributed by atoms with Gasteiger partial charge in [-0.1, -0.05) is 42.5 Å². The maximum atomic E-state index is 2.22. The highest BCUT2D eigenvalue weighted by Crippen LogP contribution is 2.34. The highest BCUT2D eigenvalue weighted by molar-refractivity contribution is 7.22. The van der Waals surface area contributed by atoms with E-state index in [2.05, 4.69) is 109 Å². The Morgan fingerprint density at radius 2 is 1.06 bits per heavy atom. The second kappa shape index (κ2) is 9.33. The maximum absolute atomic E-state index is 2.22. The van der Waals surface area contributed by atoms with Crippen LogP contribution in [0.25, 0.3) is 43.8 Å². The van der Waals surface area contributed by atoms with E-state index in [-0.39, 0.29) is 0 Å². The summed E-state index contributed by atoms with van der Waals surface area (Å²) in [6.07, 6.45) is 8.78. The van der Waals surface area contributed by atoms with E-state index in [1.165, 1.54) is 45.3 Å². The third-order valence-corrected chi connectivity index (χ3v) is 9.18. The van der Waals surface area contributed by atoms with Crippen molar-refractivity contribution in [3.05, 3.63) is 104 Å². The van der Waals surface area contributed by atoms with Crippen LogP contribution in [0, 0.1) is 6.92 Å². The first kappa shape index (κ1) is 20.4. The minimum Gasteiger partial charge on any atom is -0.143 e. The van der Waals surface area contributed by atoms with E-state index >= 15 is 0 Å². The van der Waals surface area contributed by atoms with Gasteiger partial charge in [0.05, 0.1) is 0 Å². The Kier molecular flexibility index (Phi) is 6.14. The van der Waals surface area contributed by atoms with Crippen molar-refractivity contribution >= 4 is 69.7 Å². The van der Waals surface area contributed by atoms with Gasteiger partial charge in [-0.05, 0) is 78.0 Å². The van der Waals surface area contributed by atoms with Crippen LogP contribution < -0.4 is 0 Å². The summed E-state index contributed by atoms with van der Waals surface area (Å²) >= 11 is 7.32. The van der Waals surface area contributed by atoms with Crippen LogP contribution in [0.5, 0.6) is 0 Å². The zero-order chi connectivity index (χ0) is 21.0. The molecule has 0 spiro atoms. The molecule has 4 aromatic heterocycles. The molecule has 0 aliphatic carbocycles. The summed E-state index contributed by atoms with van der Waals surface area (Å²) in [5.41, 5.74) is 2.44. The fourth-order valence-electron chi connectivity index (χ4n) is 3.21. The molecule has 4 heteroatoms. The highest BCUT2D eigenvalue weighted by Gasteiger charge is 2.04. The lowest BCUT2D eigenvalue weighted by Gasteiger charge is -1.96. The van der Waals surface area contributed by atoms with Crippen LogP contribution in [0.3, 0.4) is 0 Å². The molecule has 152 valence electrons. The van der Waals surface area contributed by atoms with Crippen molar-refractivity contribution in [3.8, 4) is 19.5 Å². The lowest BCUT2D eigenvalue weighted by Crippen LogP contribution is -1.74. The van der Waals surface area contributed by atoms with Crippen LogP contribution in [0.2, 0.25) is 0 Å². The van der Waals surface area contributed by atoms with Crippen LogP contribution in [0.15, 0.2) is 78.2 Å². The molecule has 5 aromatic rings. The minimum absolute atomic E-state index is 1.22. The summed E-state index contributed by atoms with van der Waals surface area (Å²) in [5, 5.41) is 2.13. The topological polar surface area (TPSA) is 0 Å². The summed E-state index contributed by atoms with van der Waals surface area (Å²) in [6, 6.07) is 26.2. The van der Waals surface area contributed by atoms with Crippen LogP contribution in [-0.4, -0.2) is 0 Å². The maximum Gasteiger partial charge on any atom is 0.0449 e. The molecule has 0 nitrogen and oxygen atoms in total. The van der Waals surface area contributed by atoms with E-state index in [4.69, 9.17) is 0 Å². The van der Waals surface area contributed by atoms with Crippen molar-refractivity contribution in [2.24, 2.45) is 0 Å². The van der Waals surface area contributed by atoms with Crippen molar-refractivity contribution in [3.63, 3.8) is 0 Å². The van der Waals surface area contributed by atoms with E-state index in [1.807, 2.05) is 34.0 Å². The average Bonchev–Trinajstić information content (AvgIpc) is 3.58. The van der Waals surface area contributed by atoms with Crippen LogP contribution in [0.4, 0.5) is 0 Å². The first-order valence-corrected chi connectivity index (χ1v) is 13.3. The molecule has 5 rings (SSSR count). The average molecular weight is 473 g/mol. The molecule has 0 amide bonds. The van der Waals surface area contributed by atoms with Gasteiger partial charge in [-0.3, -0.25) is 0 Å². The number of hydrogen-bond donors (Lipinski definition) is 0. The van der Waals surface area contributed by atoms with E-state index in [9.17, 15) is 0 Å². The summed E-state index contributed by atoms with van der Waals surface area (Å²) in [7, 11) is 0. The van der Waals surface area contributed by atoms with Gasteiger partial charge in [0.25, 0.3) is 0 Å². The van der Waals surface area contributed by atoms with Gasteiger partial charge in [-0.25, -0.2) is 0 Å². The summed E-state index contributed by atoms with van der Waals surface area (Å²) in [4.78, 5) is 9.29. The van der Waals surface area contributed by atoms with E-state index in [0.717, 1.165) is 0 Å². The van der Waals surface area contributed by atoms with Gasteiger partial charge in [0.1, 0.15) is 0 Å². The molecule has 0 unspecified atom stereocenters. The first-order chi connectivity index (χ1) is 15.2. The van der Waals surface area contributed by atoms with Crippen molar-refractivity contribution in [1.82, 2.24) is 0 Å². The molecule has 0 N–H and O–H groups in total. The molecule has 0 radical (unpaired) electrons. The normalized spacial score (nSPS) is 11.8. The number of aryl methyl sites for hydroxylation is 1. The third kappa shape index (κ3) is 5.05. The molecule has 0 fully saturated rings. The molecule has 0 saturated heterocycles. The predicted octanol–water partition coefficient (Wildman–Crippen LogP) is 9.92. The standard InChI is InChI=1S/C27H20S4/c1-19-4-15-26(29-19)27-17-14-23(31-27)12-10-21-7-5-20(6-8-21)9-11-22-13-16-25(30-22)24-3-2-18-28-24/h2-18H,1H3/b11-9+,12-10+. The number of benzene rings is 1. The van der Waals surface area contributed by atoms with E-state index < -0.39 is 0 Å². The Labute approximate surface area is 199 Å². The van der Waals surface area contributed by atoms with Gasteiger partial charge in [0, 0.05) is 34.1 Å². The lowest BCUT2D eigenvalue weighted by atomic mass is 10.1. The monoisotopic (exact) mass is 472 g/mol. The Morgan fingerprint density at radius 1 is 0.516 bits per heavy atom. The lowest BCUT2D eigenvalue weighted by molar-refractivity contribution is 1.63. The van der Waals surface area contributed by atoms with Gasteiger partial charge in [0.2, 0.25) is 0 Å². The van der Waals surface area contributed by atoms with Gasteiger partial charge in [0.15, 0.2) is 0 Å². The molecule has 0 bridgehead atoms. The van der Waals surface area contributed by atoms with Gasteiger partial charge >= 0.3 is 0 Å². The highest BCUT2D eigenvalue weighted by atomic mass is 32.1. The molecule has 0 aliphatic rings. The number of rotatable bonds is 6. The fraction of sp³-hybridized carbons (Fsp3) is 0.0370. The first-order valence-electron chi connectivity index (χ1n) is 9.99. The van der Waals surface area contributed by atoms with Crippen molar-refractivity contribution in [1.29, 1.82) is 0 Å².